The van der Waals surface area contributed by atoms with E-state index < -0.39 is 0 Å². The van der Waals surface area contributed by atoms with Crippen molar-refractivity contribution in [2.24, 2.45) is 0 Å². The van der Waals surface area contributed by atoms with E-state index in [1.165, 1.54) is 16.7 Å². The van der Waals surface area contributed by atoms with Gasteiger partial charge >= 0.3 is 0 Å². The van der Waals surface area contributed by atoms with Crippen molar-refractivity contribution in [3.05, 3.63) is 72.6 Å². The lowest BCUT2D eigenvalue weighted by atomic mass is 10.3. The molecule has 1 amide bonds. The quantitative estimate of drug-likeness (QED) is 0.674. The van der Waals surface area contributed by atoms with Gasteiger partial charge < -0.3 is 10.2 Å². The number of rotatable bonds is 7. The average Bonchev–Trinajstić information content (AvgIpc) is 3.16. The molecule has 6 heteroatoms. The van der Waals surface area contributed by atoms with Gasteiger partial charge in [-0.05, 0) is 30.7 Å². The zero-order chi connectivity index (χ0) is 17.5. The van der Waals surface area contributed by atoms with Crippen LogP contribution in [0.25, 0.3) is 5.69 Å². The molecule has 0 atom stereocenters. The highest BCUT2D eigenvalue weighted by Crippen LogP contribution is 2.10. The van der Waals surface area contributed by atoms with E-state index in [4.69, 9.17) is 0 Å². The Morgan fingerprint density at radius 1 is 1.08 bits per heavy atom. The molecule has 0 aliphatic heterocycles. The van der Waals surface area contributed by atoms with Crippen LogP contribution in [0.4, 0.5) is 5.69 Å². The Labute approximate surface area is 147 Å². The first-order valence-electron chi connectivity index (χ1n) is 8.26. The molecule has 2 aromatic carbocycles. The van der Waals surface area contributed by atoms with Crippen LogP contribution in [0.5, 0.6) is 0 Å². The summed E-state index contributed by atoms with van der Waals surface area (Å²) >= 11 is 0. The summed E-state index contributed by atoms with van der Waals surface area (Å²) in [6.45, 7) is 1.45. The molecule has 6 nitrogen and oxygen atoms in total. The number of para-hydroxylation sites is 2. The molecule has 0 radical (unpaired) electrons. The van der Waals surface area contributed by atoms with Crippen molar-refractivity contribution in [2.75, 3.05) is 25.0 Å². The van der Waals surface area contributed by atoms with Crippen LogP contribution in [-0.2, 0) is 0 Å². The lowest BCUT2D eigenvalue weighted by Gasteiger charge is -2.19. The number of hydrogen-bond donors (Lipinski definition) is 1. The van der Waals surface area contributed by atoms with Gasteiger partial charge in [0.05, 0.1) is 11.9 Å². The van der Waals surface area contributed by atoms with Gasteiger partial charge in [0, 0.05) is 25.8 Å². The van der Waals surface area contributed by atoms with Crippen LogP contribution >= 0.6 is 0 Å². The van der Waals surface area contributed by atoms with E-state index >= 15 is 0 Å². The van der Waals surface area contributed by atoms with E-state index in [1.54, 1.807) is 0 Å². The van der Waals surface area contributed by atoms with Crippen LogP contribution in [-0.4, -0.2) is 41.0 Å². The summed E-state index contributed by atoms with van der Waals surface area (Å²) in [5, 5.41) is 11.3. The van der Waals surface area contributed by atoms with Gasteiger partial charge in [0.2, 0.25) is 0 Å². The average molecular weight is 335 g/mol. The second kappa shape index (κ2) is 8.10. The van der Waals surface area contributed by atoms with E-state index in [9.17, 15) is 4.79 Å². The van der Waals surface area contributed by atoms with E-state index in [0.29, 0.717) is 12.2 Å². The van der Waals surface area contributed by atoms with Crippen LogP contribution in [0, 0.1) is 0 Å². The first kappa shape index (κ1) is 16.7. The van der Waals surface area contributed by atoms with Crippen LogP contribution < -0.4 is 10.2 Å². The molecule has 0 bridgehead atoms. The molecule has 0 aliphatic rings. The first-order valence-corrected chi connectivity index (χ1v) is 8.26. The molecule has 3 rings (SSSR count). The lowest BCUT2D eigenvalue weighted by molar-refractivity contribution is 0.0948. The number of carbonyl (C=O) groups excluding carboxylic acids is 1. The number of benzene rings is 2. The maximum Gasteiger partial charge on any atom is 0.273 e. The van der Waals surface area contributed by atoms with E-state index in [2.05, 4.69) is 32.5 Å². The number of anilines is 1. The van der Waals surface area contributed by atoms with Crippen LogP contribution in [0.3, 0.4) is 0 Å². The number of aromatic nitrogens is 3. The summed E-state index contributed by atoms with van der Waals surface area (Å²) in [5.41, 5.74) is 2.31. The Hall–Kier alpha value is -3.15. The molecule has 25 heavy (non-hydrogen) atoms. The van der Waals surface area contributed by atoms with Crippen molar-refractivity contribution in [1.29, 1.82) is 0 Å². The molecule has 0 fully saturated rings. The fourth-order valence-corrected chi connectivity index (χ4v) is 2.47. The Bertz CT molecular complexity index is 801. The van der Waals surface area contributed by atoms with Gasteiger partial charge in [-0.25, -0.2) is 0 Å². The molecule has 128 valence electrons. The third-order valence-electron chi connectivity index (χ3n) is 3.86. The zero-order valence-corrected chi connectivity index (χ0v) is 14.2. The highest BCUT2D eigenvalue weighted by atomic mass is 16.2. The SMILES string of the molecule is CN(CCCNC(=O)c1cnn(-c2ccccc2)n1)c1ccccc1. The topological polar surface area (TPSA) is 63.1 Å². The van der Waals surface area contributed by atoms with Gasteiger partial charge in [0.15, 0.2) is 5.69 Å². The first-order chi connectivity index (χ1) is 12.2. The van der Waals surface area contributed by atoms with Crippen molar-refractivity contribution in [3.8, 4) is 5.69 Å². The fraction of sp³-hybridized carbons (Fsp3) is 0.211. The summed E-state index contributed by atoms with van der Waals surface area (Å²) < 4.78 is 0. The van der Waals surface area contributed by atoms with Crippen molar-refractivity contribution < 1.29 is 4.79 Å². The minimum Gasteiger partial charge on any atom is -0.375 e. The van der Waals surface area contributed by atoms with Crippen molar-refractivity contribution in [1.82, 2.24) is 20.3 Å². The summed E-state index contributed by atoms with van der Waals surface area (Å²) in [6.07, 6.45) is 2.34. The van der Waals surface area contributed by atoms with Gasteiger partial charge in [-0.15, -0.1) is 5.10 Å². The molecule has 0 saturated heterocycles. The number of nitrogens with one attached hydrogen (secondary N) is 1. The predicted octanol–water partition coefficient (Wildman–Crippen LogP) is 2.52. The molecular formula is C19H21N5O. The minimum absolute atomic E-state index is 0.204. The maximum atomic E-state index is 12.2. The second-order valence-corrected chi connectivity index (χ2v) is 5.72. The highest BCUT2D eigenvalue weighted by Gasteiger charge is 2.11. The summed E-state index contributed by atoms with van der Waals surface area (Å²) in [6, 6.07) is 19.7. The summed E-state index contributed by atoms with van der Waals surface area (Å²) in [5.74, 6) is -0.204. The molecule has 1 N–H and O–H groups in total. The number of nitrogens with zero attached hydrogens (tertiary/aromatic N) is 4. The summed E-state index contributed by atoms with van der Waals surface area (Å²) in [4.78, 5) is 15.8. The number of amides is 1. The fourth-order valence-electron chi connectivity index (χ4n) is 2.47. The van der Waals surface area contributed by atoms with Gasteiger partial charge in [-0.2, -0.15) is 9.90 Å². The Balaban J connectivity index is 1.46. The maximum absolute atomic E-state index is 12.2. The van der Waals surface area contributed by atoms with Crippen molar-refractivity contribution in [3.63, 3.8) is 0 Å². The van der Waals surface area contributed by atoms with Gasteiger partial charge in [-0.1, -0.05) is 36.4 Å². The van der Waals surface area contributed by atoms with E-state index in [-0.39, 0.29) is 5.91 Å². The molecule has 0 aliphatic carbocycles. The molecule has 3 aromatic rings. The lowest BCUT2D eigenvalue weighted by Crippen LogP contribution is -2.28. The molecule has 0 saturated carbocycles. The molecule has 0 unspecified atom stereocenters. The van der Waals surface area contributed by atoms with Gasteiger partial charge in [0.1, 0.15) is 0 Å². The highest BCUT2D eigenvalue weighted by molar-refractivity contribution is 5.91. The monoisotopic (exact) mass is 335 g/mol. The number of hydrogen-bond acceptors (Lipinski definition) is 4. The molecule has 1 heterocycles. The van der Waals surface area contributed by atoms with E-state index in [1.807, 2.05) is 55.6 Å². The van der Waals surface area contributed by atoms with Crippen molar-refractivity contribution in [2.45, 2.75) is 6.42 Å². The van der Waals surface area contributed by atoms with Gasteiger partial charge in [-0.3, -0.25) is 4.79 Å². The minimum atomic E-state index is -0.204. The van der Waals surface area contributed by atoms with Gasteiger partial charge in [0.25, 0.3) is 5.91 Å². The standard InChI is InChI=1S/C19H21N5O/c1-23(16-9-4-2-5-10-16)14-8-13-20-19(25)18-15-21-24(22-18)17-11-6-3-7-12-17/h2-7,9-12,15H,8,13-14H2,1H3,(H,20,25). The molecule has 1 aromatic heterocycles. The molecular weight excluding hydrogens is 314 g/mol. The summed E-state index contributed by atoms with van der Waals surface area (Å²) in [7, 11) is 2.04. The predicted molar refractivity (Wildman–Crippen MR) is 98.0 cm³/mol. The van der Waals surface area contributed by atoms with Crippen LogP contribution in [0.15, 0.2) is 66.9 Å². The van der Waals surface area contributed by atoms with Crippen molar-refractivity contribution >= 4 is 11.6 Å². The normalized spacial score (nSPS) is 10.4. The Morgan fingerprint density at radius 2 is 1.76 bits per heavy atom. The third kappa shape index (κ3) is 4.44. The van der Waals surface area contributed by atoms with Crippen LogP contribution in [0.1, 0.15) is 16.9 Å². The third-order valence-corrected chi connectivity index (χ3v) is 3.86. The smallest absolute Gasteiger partial charge is 0.273 e. The van der Waals surface area contributed by atoms with Crippen LogP contribution in [0.2, 0.25) is 0 Å². The largest absolute Gasteiger partial charge is 0.375 e. The number of carbonyl (C=O) groups is 1. The second-order valence-electron chi connectivity index (χ2n) is 5.72. The van der Waals surface area contributed by atoms with E-state index in [0.717, 1.165) is 18.7 Å². The molecule has 0 spiro atoms. The Morgan fingerprint density at radius 3 is 2.48 bits per heavy atom. The zero-order valence-electron chi connectivity index (χ0n) is 14.2. The Kier molecular flexibility index (Phi) is 5.41.